The number of hydrogen-bond acceptors (Lipinski definition) is 6. The van der Waals surface area contributed by atoms with Crippen molar-refractivity contribution < 1.29 is 4.92 Å². The molecule has 0 saturated carbocycles. The van der Waals surface area contributed by atoms with Crippen molar-refractivity contribution in [3.63, 3.8) is 0 Å². The molecule has 1 saturated heterocycles. The van der Waals surface area contributed by atoms with E-state index in [9.17, 15) is 10.1 Å². The first-order valence-corrected chi connectivity index (χ1v) is 5.43. The van der Waals surface area contributed by atoms with E-state index in [-0.39, 0.29) is 11.5 Å². The summed E-state index contributed by atoms with van der Waals surface area (Å²) in [7, 11) is 0. The Morgan fingerprint density at radius 1 is 1.56 bits per heavy atom. The zero-order valence-corrected chi connectivity index (χ0v) is 9.35. The van der Waals surface area contributed by atoms with Crippen molar-refractivity contribution in [1.29, 1.82) is 0 Å². The van der Waals surface area contributed by atoms with Gasteiger partial charge in [-0.1, -0.05) is 0 Å². The predicted octanol–water partition coefficient (Wildman–Crippen LogP) is -0.383. The molecule has 0 spiro atoms. The number of nitrogens with zero attached hydrogens (tertiary/aromatic N) is 4. The third-order valence-electron chi connectivity index (χ3n) is 2.64. The van der Waals surface area contributed by atoms with E-state index in [2.05, 4.69) is 4.99 Å². The monoisotopic (exact) mass is 245 g/mol. The van der Waals surface area contributed by atoms with Crippen LogP contribution in [0.2, 0.25) is 0 Å². The zero-order valence-electron chi connectivity index (χ0n) is 8.60. The van der Waals surface area contributed by atoms with Crippen LogP contribution < -0.4 is 5.73 Å². The summed E-state index contributed by atoms with van der Waals surface area (Å²) in [6.45, 7) is 2.41. The molecule has 0 aromatic carbocycles. The van der Waals surface area contributed by atoms with Gasteiger partial charge in [0.15, 0.2) is 5.82 Å². The van der Waals surface area contributed by atoms with Crippen LogP contribution in [0.5, 0.6) is 0 Å². The summed E-state index contributed by atoms with van der Waals surface area (Å²) in [5, 5.41) is 11.0. The van der Waals surface area contributed by atoms with Gasteiger partial charge in [0.1, 0.15) is 6.67 Å². The van der Waals surface area contributed by atoms with Crippen LogP contribution in [0.15, 0.2) is 16.5 Å². The molecule has 7 nitrogen and oxygen atoms in total. The molecule has 16 heavy (non-hydrogen) atoms. The molecule has 0 aromatic heterocycles. The molecular weight excluding hydrogens is 234 g/mol. The molecule has 0 atom stereocenters. The molecular formula is C8H12ClN5O2. The normalized spacial score (nSPS) is 19.9. The maximum Gasteiger partial charge on any atom is 0.350 e. The van der Waals surface area contributed by atoms with E-state index < -0.39 is 4.92 Å². The van der Waals surface area contributed by atoms with E-state index in [1.807, 2.05) is 9.80 Å². The van der Waals surface area contributed by atoms with Gasteiger partial charge in [-0.25, -0.2) is 4.99 Å². The van der Waals surface area contributed by atoms with Gasteiger partial charge in [-0.05, 0) is 0 Å². The Kier molecular flexibility index (Phi) is 2.86. The van der Waals surface area contributed by atoms with Crippen molar-refractivity contribution in [3.05, 3.63) is 21.6 Å². The lowest BCUT2D eigenvalue weighted by Gasteiger charge is -2.25. The largest absolute Gasteiger partial charge is 0.378 e. The standard InChI is InChI=1S/C8H12ClN5O2/c9-1-2-12-3-4-13-5-11-7(10)6(8(12)13)14(15)16/h1-5H2,(H2,10,11). The van der Waals surface area contributed by atoms with Crippen molar-refractivity contribution in [2.75, 3.05) is 32.2 Å². The molecule has 0 aromatic rings. The fraction of sp³-hybridized carbons (Fsp3) is 0.625. The van der Waals surface area contributed by atoms with E-state index >= 15 is 0 Å². The lowest BCUT2D eigenvalue weighted by atomic mass is 10.3. The first kappa shape index (κ1) is 11.0. The van der Waals surface area contributed by atoms with Gasteiger partial charge in [-0.15, -0.1) is 11.6 Å². The summed E-state index contributed by atoms with van der Waals surface area (Å²) in [4.78, 5) is 18.1. The summed E-state index contributed by atoms with van der Waals surface area (Å²) in [6, 6.07) is 0. The summed E-state index contributed by atoms with van der Waals surface area (Å²) in [6.07, 6.45) is 0. The highest BCUT2D eigenvalue weighted by Crippen LogP contribution is 2.25. The van der Waals surface area contributed by atoms with Crippen LogP contribution in [-0.4, -0.2) is 52.7 Å². The maximum absolute atomic E-state index is 11.0. The van der Waals surface area contributed by atoms with E-state index in [0.29, 0.717) is 24.9 Å². The van der Waals surface area contributed by atoms with Gasteiger partial charge in [0.2, 0.25) is 5.84 Å². The van der Waals surface area contributed by atoms with Crippen molar-refractivity contribution >= 4 is 17.4 Å². The maximum atomic E-state index is 11.0. The van der Waals surface area contributed by atoms with Crippen LogP contribution in [0.3, 0.4) is 0 Å². The fourth-order valence-electron chi connectivity index (χ4n) is 1.94. The third-order valence-corrected chi connectivity index (χ3v) is 2.81. The van der Waals surface area contributed by atoms with Gasteiger partial charge in [-0.3, -0.25) is 10.1 Å². The smallest absolute Gasteiger partial charge is 0.350 e. The molecule has 0 unspecified atom stereocenters. The number of halogens is 1. The molecule has 2 heterocycles. The highest BCUT2D eigenvalue weighted by atomic mass is 35.5. The Labute approximate surface area is 97.3 Å². The molecule has 2 rings (SSSR count). The number of nitro groups is 1. The van der Waals surface area contributed by atoms with Crippen molar-refractivity contribution in [1.82, 2.24) is 9.80 Å². The summed E-state index contributed by atoms with van der Waals surface area (Å²) < 4.78 is 0. The Balaban J connectivity index is 2.40. The van der Waals surface area contributed by atoms with E-state index in [1.165, 1.54) is 0 Å². The fourth-order valence-corrected chi connectivity index (χ4v) is 2.14. The van der Waals surface area contributed by atoms with Gasteiger partial charge in [0, 0.05) is 25.5 Å². The Hall–Kier alpha value is -1.50. The molecule has 2 aliphatic rings. The summed E-state index contributed by atoms with van der Waals surface area (Å²) >= 11 is 5.66. The number of hydrogen-bond donors (Lipinski definition) is 1. The number of alkyl halides is 1. The molecule has 1 fully saturated rings. The number of rotatable bonds is 3. The van der Waals surface area contributed by atoms with E-state index in [0.717, 1.165) is 13.1 Å². The number of nitrogens with two attached hydrogens (primary N) is 1. The second-order valence-corrected chi connectivity index (χ2v) is 3.93. The molecule has 0 radical (unpaired) electrons. The lowest BCUT2D eigenvalue weighted by Crippen LogP contribution is -2.37. The number of aliphatic imine (C=N–C) groups is 1. The summed E-state index contributed by atoms with van der Waals surface area (Å²) in [5.74, 6) is 0.982. The van der Waals surface area contributed by atoms with Crippen LogP contribution in [0.4, 0.5) is 0 Å². The average Bonchev–Trinajstić information content (AvgIpc) is 2.61. The number of amidine groups is 1. The molecule has 0 aliphatic carbocycles. The second kappa shape index (κ2) is 4.17. The second-order valence-electron chi connectivity index (χ2n) is 3.55. The minimum atomic E-state index is -0.479. The van der Waals surface area contributed by atoms with Gasteiger partial charge < -0.3 is 15.5 Å². The molecule has 88 valence electrons. The number of fused-ring (bicyclic) bond motifs is 1. The van der Waals surface area contributed by atoms with Crippen molar-refractivity contribution in [2.45, 2.75) is 0 Å². The molecule has 8 heteroatoms. The Morgan fingerprint density at radius 3 is 2.94 bits per heavy atom. The molecule has 0 bridgehead atoms. The Morgan fingerprint density at radius 2 is 2.31 bits per heavy atom. The minimum Gasteiger partial charge on any atom is -0.378 e. The van der Waals surface area contributed by atoms with Crippen LogP contribution in [0.25, 0.3) is 0 Å². The van der Waals surface area contributed by atoms with Gasteiger partial charge in [-0.2, -0.15) is 0 Å². The topological polar surface area (TPSA) is 88.0 Å². The minimum absolute atomic E-state index is 0.00211. The third kappa shape index (κ3) is 1.67. The molecule has 0 amide bonds. The van der Waals surface area contributed by atoms with E-state index in [4.69, 9.17) is 17.3 Å². The highest BCUT2D eigenvalue weighted by Gasteiger charge is 2.38. The van der Waals surface area contributed by atoms with Gasteiger partial charge in [0.05, 0.1) is 4.92 Å². The first-order chi connectivity index (χ1) is 7.65. The average molecular weight is 246 g/mol. The van der Waals surface area contributed by atoms with Crippen LogP contribution in [0.1, 0.15) is 0 Å². The molecule has 2 aliphatic heterocycles. The summed E-state index contributed by atoms with van der Waals surface area (Å²) in [5.41, 5.74) is 5.46. The van der Waals surface area contributed by atoms with Gasteiger partial charge >= 0.3 is 5.70 Å². The van der Waals surface area contributed by atoms with Crippen molar-refractivity contribution in [3.8, 4) is 0 Å². The van der Waals surface area contributed by atoms with Gasteiger partial charge in [0.25, 0.3) is 0 Å². The SMILES string of the molecule is NC1=NCN2CCN(CCCl)C2=C1[N+](=O)[O-]. The zero-order chi connectivity index (χ0) is 11.7. The predicted molar refractivity (Wildman–Crippen MR) is 59.5 cm³/mol. The highest BCUT2D eigenvalue weighted by molar-refractivity contribution is 6.18. The Bertz CT molecular complexity index is 379. The molecule has 2 N–H and O–H groups in total. The lowest BCUT2D eigenvalue weighted by molar-refractivity contribution is -0.418. The van der Waals surface area contributed by atoms with Crippen LogP contribution in [-0.2, 0) is 0 Å². The van der Waals surface area contributed by atoms with Crippen LogP contribution in [0, 0.1) is 10.1 Å². The quantitative estimate of drug-likeness (QED) is 0.416. The van der Waals surface area contributed by atoms with Crippen molar-refractivity contribution in [2.24, 2.45) is 10.7 Å². The van der Waals surface area contributed by atoms with Crippen LogP contribution >= 0.6 is 11.6 Å². The first-order valence-electron chi connectivity index (χ1n) is 4.90. The van der Waals surface area contributed by atoms with E-state index in [1.54, 1.807) is 0 Å².